The van der Waals surface area contributed by atoms with Crippen molar-refractivity contribution in [2.75, 3.05) is 13.2 Å². The summed E-state index contributed by atoms with van der Waals surface area (Å²) in [6, 6.07) is 0. The minimum atomic E-state index is -1.41. The Balaban J connectivity index is 2.87. The fourth-order valence-corrected chi connectivity index (χ4v) is 2.52. The van der Waals surface area contributed by atoms with E-state index >= 15 is 0 Å². The first-order valence-electron chi connectivity index (χ1n) is 6.74. The Bertz CT molecular complexity index is 314. The van der Waals surface area contributed by atoms with Gasteiger partial charge in [-0.2, -0.15) is 0 Å². The Hall–Kier alpha value is -0.940. The largest absolute Gasteiger partial charge is 0.479 e. The molecule has 1 heterocycles. The molecule has 5 nitrogen and oxygen atoms in total. The van der Waals surface area contributed by atoms with E-state index < -0.39 is 17.2 Å². The molecule has 0 amide bonds. The summed E-state index contributed by atoms with van der Waals surface area (Å²) in [5, 5.41) is 9.53. The Morgan fingerprint density at radius 2 is 1.95 bits per heavy atom. The van der Waals surface area contributed by atoms with Crippen LogP contribution in [0.3, 0.4) is 0 Å². The Labute approximate surface area is 114 Å². The monoisotopic (exact) mass is 272 g/mol. The average Bonchev–Trinajstić information content (AvgIpc) is 2.28. The molecule has 1 N–H and O–H groups in total. The lowest BCUT2D eigenvalue weighted by molar-refractivity contribution is -0.191. The molecule has 0 bridgehead atoms. The highest BCUT2D eigenvalue weighted by Gasteiger charge is 2.44. The second-order valence-corrected chi connectivity index (χ2v) is 6.14. The van der Waals surface area contributed by atoms with Crippen molar-refractivity contribution in [1.82, 2.24) is 0 Å². The first-order valence-corrected chi connectivity index (χ1v) is 6.74. The summed E-state index contributed by atoms with van der Waals surface area (Å²) in [6.45, 7) is 6.71. The van der Waals surface area contributed by atoms with Gasteiger partial charge in [-0.25, -0.2) is 4.79 Å². The summed E-state index contributed by atoms with van der Waals surface area (Å²) >= 11 is 0. The highest BCUT2D eigenvalue weighted by molar-refractivity contribution is 5.81. The highest BCUT2D eigenvalue weighted by atomic mass is 16.5. The fraction of sp³-hybridized carbons (Fsp3) is 0.857. The van der Waals surface area contributed by atoms with E-state index in [9.17, 15) is 14.7 Å². The van der Waals surface area contributed by atoms with E-state index in [1.54, 1.807) is 20.8 Å². The number of carbonyl (C=O) groups is 2. The van der Waals surface area contributed by atoms with Crippen molar-refractivity contribution in [3.05, 3.63) is 0 Å². The molecule has 1 aliphatic heterocycles. The zero-order chi connectivity index (χ0) is 14.5. The molecule has 1 unspecified atom stereocenters. The number of aldehydes is 1. The van der Waals surface area contributed by atoms with Gasteiger partial charge in [-0.15, -0.1) is 0 Å². The highest BCUT2D eigenvalue weighted by Crippen LogP contribution is 2.33. The lowest BCUT2D eigenvalue weighted by Crippen LogP contribution is -2.49. The van der Waals surface area contributed by atoms with Gasteiger partial charge in [0.15, 0.2) is 5.60 Å². The van der Waals surface area contributed by atoms with Crippen LogP contribution in [-0.4, -0.2) is 41.8 Å². The van der Waals surface area contributed by atoms with Gasteiger partial charge in [0, 0.05) is 19.6 Å². The maximum absolute atomic E-state index is 11.6. The van der Waals surface area contributed by atoms with Crippen LogP contribution in [0, 0.1) is 5.92 Å². The maximum Gasteiger partial charge on any atom is 0.336 e. The molecule has 0 aromatic carbocycles. The van der Waals surface area contributed by atoms with Crippen molar-refractivity contribution < 1.29 is 24.2 Å². The topological polar surface area (TPSA) is 72.8 Å². The van der Waals surface area contributed by atoms with Crippen molar-refractivity contribution in [1.29, 1.82) is 0 Å². The molecule has 110 valence electrons. The first kappa shape index (κ1) is 16.1. The van der Waals surface area contributed by atoms with Crippen LogP contribution in [0.5, 0.6) is 0 Å². The molecule has 0 saturated carbocycles. The van der Waals surface area contributed by atoms with E-state index in [0.29, 0.717) is 25.9 Å². The Kier molecular flexibility index (Phi) is 5.50. The van der Waals surface area contributed by atoms with E-state index in [4.69, 9.17) is 9.47 Å². The van der Waals surface area contributed by atoms with Gasteiger partial charge < -0.3 is 19.4 Å². The predicted octanol–water partition coefficient (Wildman–Crippen LogP) is 2.03. The molecule has 0 aromatic heterocycles. The Morgan fingerprint density at radius 3 is 2.37 bits per heavy atom. The van der Waals surface area contributed by atoms with Gasteiger partial charge >= 0.3 is 5.97 Å². The zero-order valence-corrected chi connectivity index (χ0v) is 12.0. The van der Waals surface area contributed by atoms with E-state index in [-0.39, 0.29) is 12.3 Å². The lowest BCUT2D eigenvalue weighted by atomic mass is 9.83. The SMILES string of the molecule is CC(C)(C)OC(CC=O)(CC1CCOCC1)C(=O)O. The number of carboxylic acid groups (broad SMARTS) is 1. The van der Waals surface area contributed by atoms with E-state index in [2.05, 4.69) is 0 Å². The third kappa shape index (κ3) is 4.91. The summed E-state index contributed by atoms with van der Waals surface area (Å²) < 4.78 is 11.0. The summed E-state index contributed by atoms with van der Waals surface area (Å²) in [5.74, 6) is -0.826. The number of rotatable bonds is 6. The second kappa shape index (κ2) is 6.48. The number of aliphatic carboxylic acids is 1. The van der Waals surface area contributed by atoms with Gasteiger partial charge in [-0.1, -0.05) is 0 Å². The van der Waals surface area contributed by atoms with Gasteiger partial charge in [0.2, 0.25) is 0 Å². The van der Waals surface area contributed by atoms with Crippen LogP contribution in [0.1, 0.15) is 46.5 Å². The predicted molar refractivity (Wildman–Crippen MR) is 70.0 cm³/mol. The summed E-state index contributed by atoms with van der Waals surface area (Å²) in [7, 11) is 0. The molecule has 19 heavy (non-hydrogen) atoms. The quantitative estimate of drug-likeness (QED) is 0.749. The molecule has 5 heteroatoms. The van der Waals surface area contributed by atoms with Crippen LogP contribution < -0.4 is 0 Å². The average molecular weight is 272 g/mol. The van der Waals surface area contributed by atoms with Crippen LogP contribution in [0.15, 0.2) is 0 Å². The molecular weight excluding hydrogens is 248 g/mol. The van der Waals surface area contributed by atoms with Gasteiger partial charge in [-0.3, -0.25) is 0 Å². The van der Waals surface area contributed by atoms with Crippen LogP contribution in [0.4, 0.5) is 0 Å². The van der Waals surface area contributed by atoms with E-state index in [0.717, 1.165) is 12.8 Å². The van der Waals surface area contributed by atoms with Gasteiger partial charge in [0.1, 0.15) is 6.29 Å². The molecule has 1 rings (SSSR count). The maximum atomic E-state index is 11.6. The molecular formula is C14H24O5. The van der Waals surface area contributed by atoms with Crippen LogP contribution in [0.2, 0.25) is 0 Å². The minimum absolute atomic E-state index is 0.114. The third-order valence-corrected chi connectivity index (χ3v) is 3.26. The Morgan fingerprint density at radius 1 is 1.37 bits per heavy atom. The van der Waals surface area contributed by atoms with Crippen molar-refractivity contribution in [2.45, 2.75) is 57.7 Å². The smallest absolute Gasteiger partial charge is 0.336 e. The summed E-state index contributed by atoms with van der Waals surface area (Å²) in [5.41, 5.74) is -2.02. The molecule has 1 fully saturated rings. The van der Waals surface area contributed by atoms with E-state index in [1.165, 1.54) is 0 Å². The summed E-state index contributed by atoms with van der Waals surface area (Å²) in [6.07, 6.45) is 2.53. The van der Waals surface area contributed by atoms with Gasteiger partial charge in [0.25, 0.3) is 0 Å². The van der Waals surface area contributed by atoms with Crippen molar-refractivity contribution in [3.63, 3.8) is 0 Å². The fourth-order valence-electron chi connectivity index (χ4n) is 2.52. The standard InChI is InChI=1S/C14H24O5/c1-13(2,3)19-14(6-7-15,12(16)17)10-11-4-8-18-9-5-11/h7,11H,4-6,8-10H2,1-3H3,(H,16,17). The van der Waals surface area contributed by atoms with Gasteiger partial charge in [0.05, 0.1) is 5.60 Å². The molecule has 0 radical (unpaired) electrons. The molecule has 0 aliphatic carbocycles. The zero-order valence-electron chi connectivity index (χ0n) is 12.0. The first-order chi connectivity index (χ1) is 8.79. The van der Waals surface area contributed by atoms with Crippen LogP contribution in [0.25, 0.3) is 0 Å². The second-order valence-electron chi connectivity index (χ2n) is 6.14. The normalized spacial score (nSPS) is 20.8. The molecule has 0 aromatic rings. The van der Waals surface area contributed by atoms with Crippen molar-refractivity contribution in [3.8, 4) is 0 Å². The van der Waals surface area contributed by atoms with Crippen molar-refractivity contribution >= 4 is 12.3 Å². The van der Waals surface area contributed by atoms with E-state index in [1.807, 2.05) is 0 Å². The lowest BCUT2D eigenvalue weighted by Gasteiger charge is -2.38. The molecule has 1 atom stereocenters. The number of carbonyl (C=O) groups excluding carboxylic acids is 1. The van der Waals surface area contributed by atoms with Crippen LogP contribution in [-0.2, 0) is 19.1 Å². The minimum Gasteiger partial charge on any atom is -0.479 e. The number of carboxylic acids is 1. The number of ether oxygens (including phenoxy) is 2. The van der Waals surface area contributed by atoms with Gasteiger partial charge in [-0.05, 0) is 46.0 Å². The number of hydrogen-bond acceptors (Lipinski definition) is 4. The molecule has 1 aliphatic rings. The summed E-state index contributed by atoms with van der Waals surface area (Å²) in [4.78, 5) is 22.5. The van der Waals surface area contributed by atoms with Crippen molar-refractivity contribution in [2.24, 2.45) is 5.92 Å². The third-order valence-electron chi connectivity index (χ3n) is 3.26. The van der Waals surface area contributed by atoms with Crippen LogP contribution >= 0.6 is 0 Å². The molecule has 1 saturated heterocycles. The number of hydrogen-bond donors (Lipinski definition) is 1. The molecule has 0 spiro atoms.